The van der Waals surface area contributed by atoms with E-state index in [1.54, 1.807) is 36.4 Å². The van der Waals surface area contributed by atoms with E-state index in [1.807, 2.05) is 18.2 Å². The van der Waals surface area contributed by atoms with Crippen LogP contribution in [0.15, 0.2) is 59.1 Å². The molecule has 0 bridgehead atoms. The summed E-state index contributed by atoms with van der Waals surface area (Å²) in [4.78, 5) is 12.5. The molecule has 126 valence electrons. The highest BCUT2D eigenvalue weighted by Gasteiger charge is 2.12. The van der Waals surface area contributed by atoms with Gasteiger partial charge in [0.15, 0.2) is 0 Å². The number of methoxy groups -OCH3 is 1. The number of benzene rings is 2. The number of nitrogens with zero attached hydrogens (tertiary/aromatic N) is 2. The zero-order valence-corrected chi connectivity index (χ0v) is 15.5. The Labute approximate surface area is 158 Å². The van der Waals surface area contributed by atoms with Crippen molar-refractivity contribution in [3.63, 3.8) is 0 Å². The maximum Gasteiger partial charge on any atom is 0.257 e. The van der Waals surface area contributed by atoms with Crippen molar-refractivity contribution in [2.45, 2.75) is 0 Å². The second-order valence-electron chi connectivity index (χ2n) is 5.12. The molecule has 0 fully saturated rings. The quantitative estimate of drug-likeness (QED) is 0.660. The van der Waals surface area contributed by atoms with Gasteiger partial charge in [-0.2, -0.15) is 0 Å². The average molecular weight is 419 g/mol. The first kappa shape index (κ1) is 17.4. The molecule has 0 aliphatic rings. The zero-order valence-electron chi connectivity index (χ0n) is 13.2. The van der Waals surface area contributed by atoms with Gasteiger partial charge < -0.3 is 10.1 Å². The first-order valence-corrected chi connectivity index (χ1v) is 8.48. The second kappa shape index (κ2) is 7.63. The summed E-state index contributed by atoms with van der Waals surface area (Å²) in [5, 5.41) is 11.3. The van der Waals surface area contributed by atoms with Gasteiger partial charge in [-0.15, -0.1) is 10.2 Å². The van der Waals surface area contributed by atoms with E-state index in [-0.39, 0.29) is 5.91 Å². The highest BCUT2D eigenvalue weighted by molar-refractivity contribution is 9.10. The molecule has 0 saturated carbocycles. The lowest BCUT2D eigenvalue weighted by atomic mass is 10.1. The Kier molecular flexibility index (Phi) is 5.31. The third kappa shape index (κ3) is 4.15. The molecule has 0 unspecified atom stereocenters. The fourth-order valence-electron chi connectivity index (χ4n) is 2.21. The highest BCUT2D eigenvalue weighted by Crippen LogP contribution is 2.24. The minimum Gasteiger partial charge on any atom is -0.480 e. The number of amides is 1. The van der Waals surface area contributed by atoms with Gasteiger partial charge in [0, 0.05) is 21.8 Å². The van der Waals surface area contributed by atoms with Gasteiger partial charge in [-0.1, -0.05) is 39.7 Å². The first-order valence-electron chi connectivity index (χ1n) is 7.31. The van der Waals surface area contributed by atoms with Crippen molar-refractivity contribution in [3.05, 3.63) is 69.7 Å². The van der Waals surface area contributed by atoms with Crippen LogP contribution in [0.5, 0.6) is 5.88 Å². The number of nitrogens with one attached hydrogen (secondary N) is 1. The van der Waals surface area contributed by atoms with E-state index in [1.165, 1.54) is 7.11 Å². The Morgan fingerprint density at radius 1 is 1.12 bits per heavy atom. The minimum atomic E-state index is -0.288. The molecule has 1 amide bonds. The summed E-state index contributed by atoms with van der Waals surface area (Å²) in [6.07, 6.45) is 0. The summed E-state index contributed by atoms with van der Waals surface area (Å²) in [7, 11) is 1.53. The molecule has 0 spiro atoms. The Balaban J connectivity index is 1.83. The second-order valence-corrected chi connectivity index (χ2v) is 6.44. The third-order valence-electron chi connectivity index (χ3n) is 3.44. The molecule has 3 aromatic rings. The van der Waals surface area contributed by atoms with Crippen molar-refractivity contribution in [1.82, 2.24) is 10.2 Å². The predicted molar refractivity (Wildman–Crippen MR) is 101 cm³/mol. The van der Waals surface area contributed by atoms with Gasteiger partial charge in [0.05, 0.1) is 23.4 Å². The van der Waals surface area contributed by atoms with E-state index in [0.717, 1.165) is 10.0 Å². The van der Waals surface area contributed by atoms with Crippen LogP contribution in [0.4, 0.5) is 5.69 Å². The fraction of sp³-hybridized carbons (Fsp3) is 0.0556. The standard InChI is InChI=1S/C18H13BrClN3O2/c1-25-17-8-7-16(22-23-17)11-3-2-4-13(9-11)21-18(24)14-10-12(19)5-6-15(14)20/h2-10H,1H3,(H,21,24). The lowest BCUT2D eigenvalue weighted by Gasteiger charge is -2.09. The zero-order chi connectivity index (χ0) is 17.8. The number of carbonyl (C=O) groups is 1. The van der Waals surface area contributed by atoms with E-state index < -0.39 is 0 Å². The first-order chi connectivity index (χ1) is 12.1. The SMILES string of the molecule is COc1ccc(-c2cccc(NC(=O)c3cc(Br)ccc3Cl)c2)nn1. The highest BCUT2D eigenvalue weighted by atomic mass is 79.9. The summed E-state index contributed by atoms with van der Waals surface area (Å²) in [6, 6.07) is 16.0. The molecule has 7 heteroatoms. The molecule has 0 aliphatic carbocycles. The van der Waals surface area contributed by atoms with Gasteiger partial charge in [0.2, 0.25) is 5.88 Å². The van der Waals surface area contributed by atoms with Crippen molar-refractivity contribution in [2.24, 2.45) is 0 Å². The summed E-state index contributed by atoms with van der Waals surface area (Å²) in [6.45, 7) is 0. The molecule has 1 heterocycles. The Bertz CT molecular complexity index is 916. The summed E-state index contributed by atoms with van der Waals surface area (Å²) in [5.41, 5.74) is 2.53. The maximum atomic E-state index is 12.5. The van der Waals surface area contributed by atoms with Gasteiger partial charge in [-0.3, -0.25) is 4.79 Å². The van der Waals surface area contributed by atoms with Crippen LogP contribution < -0.4 is 10.1 Å². The minimum absolute atomic E-state index is 0.288. The van der Waals surface area contributed by atoms with Gasteiger partial charge >= 0.3 is 0 Å². The van der Waals surface area contributed by atoms with Crippen molar-refractivity contribution >= 4 is 39.1 Å². The number of rotatable bonds is 4. The fourth-order valence-corrected chi connectivity index (χ4v) is 2.77. The third-order valence-corrected chi connectivity index (χ3v) is 4.26. The van der Waals surface area contributed by atoms with Gasteiger partial charge in [-0.05, 0) is 36.4 Å². The van der Waals surface area contributed by atoms with Gasteiger partial charge in [0.1, 0.15) is 0 Å². The van der Waals surface area contributed by atoms with Crippen molar-refractivity contribution in [2.75, 3.05) is 12.4 Å². The van der Waals surface area contributed by atoms with Crippen LogP contribution in [0.3, 0.4) is 0 Å². The Hall–Kier alpha value is -2.44. The predicted octanol–water partition coefficient (Wildman–Crippen LogP) is 4.82. The number of hydrogen-bond donors (Lipinski definition) is 1. The molecule has 2 aromatic carbocycles. The van der Waals surface area contributed by atoms with Crippen LogP contribution in [0.2, 0.25) is 5.02 Å². The van der Waals surface area contributed by atoms with Crippen LogP contribution in [0.25, 0.3) is 11.3 Å². The monoisotopic (exact) mass is 417 g/mol. The number of ether oxygens (including phenoxy) is 1. The molecular weight excluding hydrogens is 406 g/mol. The molecule has 1 N–H and O–H groups in total. The summed E-state index contributed by atoms with van der Waals surface area (Å²) in [5.74, 6) is 0.154. The molecular formula is C18H13BrClN3O2. The number of hydrogen-bond acceptors (Lipinski definition) is 4. The number of carbonyl (C=O) groups excluding carboxylic acids is 1. The van der Waals surface area contributed by atoms with E-state index in [9.17, 15) is 4.79 Å². The molecule has 1 aromatic heterocycles. The average Bonchev–Trinajstić information content (AvgIpc) is 2.64. The molecule has 3 rings (SSSR count). The number of anilines is 1. The van der Waals surface area contributed by atoms with Crippen molar-refractivity contribution in [3.8, 4) is 17.1 Å². The normalized spacial score (nSPS) is 10.4. The van der Waals surface area contributed by atoms with E-state index in [4.69, 9.17) is 16.3 Å². The van der Waals surface area contributed by atoms with Crippen LogP contribution >= 0.6 is 27.5 Å². The lowest BCUT2D eigenvalue weighted by molar-refractivity contribution is 0.102. The van der Waals surface area contributed by atoms with E-state index in [2.05, 4.69) is 31.4 Å². The Morgan fingerprint density at radius 3 is 2.68 bits per heavy atom. The summed E-state index contributed by atoms with van der Waals surface area (Å²) < 4.78 is 5.79. The van der Waals surface area contributed by atoms with E-state index in [0.29, 0.717) is 27.8 Å². The molecule has 0 aliphatic heterocycles. The molecule has 5 nitrogen and oxygen atoms in total. The van der Waals surface area contributed by atoms with Crippen LogP contribution in [0, 0.1) is 0 Å². The molecule has 0 saturated heterocycles. The van der Waals surface area contributed by atoms with Crippen LogP contribution in [-0.4, -0.2) is 23.2 Å². The number of halogens is 2. The Morgan fingerprint density at radius 2 is 1.96 bits per heavy atom. The number of aromatic nitrogens is 2. The van der Waals surface area contributed by atoms with Gasteiger partial charge in [0.25, 0.3) is 5.91 Å². The van der Waals surface area contributed by atoms with E-state index >= 15 is 0 Å². The maximum absolute atomic E-state index is 12.5. The lowest BCUT2D eigenvalue weighted by Crippen LogP contribution is -2.12. The van der Waals surface area contributed by atoms with Crippen molar-refractivity contribution in [1.29, 1.82) is 0 Å². The molecule has 25 heavy (non-hydrogen) atoms. The molecule has 0 radical (unpaired) electrons. The van der Waals surface area contributed by atoms with Crippen LogP contribution in [0.1, 0.15) is 10.4 Å². The van der Waals surface area contributed by atoms with Crippen LogP contribution in [-0.2, 0) is 0 Å². The molecule has 0 atom stereocenters. The summed E-state index contributed by atoms with van der Waals surface area (Å²) >= 11 is 9.44. The topological polar surface area (TPSA) is 64.1 Å². The van der Waals surface area contributed by atoms with Gasteiger partial charge in [-0.25, -0.2) is 0 Å². The smallest absolute Gasteiger partial charge is 0.257 e. The largest absolute Gasteiger partial charge is 0.480 e. The van der Waals surface area contributed by atoms with Crippen molar-refractivity contribution < 1.29 is 9.53 Å².